The lowest BCUT2D eigenvalue weighted by Gasteiger charge is -2.32. The first-order valence-electron chi connectivity index (χ1n) is 4.85. The third kappa shape index (κ3) is 3.77. The second-order valence-electron chi connectivity index (χ2n) is 3.64. The highest BCUT2D eigenvalue weighted by Crippen LogP contribution is 2.12. The first-order valence-corrected chi connectivity index (χ1v) is 4.85. The van der Waals surface area contributed by atoms with E-state index in [1.165, 1.54) is 12.3 Å². The molecule has 1 aromatic rings. The molecule has 16 heavy (non-hydrogen) atoms. The zero-order valence-corrected chi connectivity index (χ0v) is 10.7. The van der Waals surface area contributed by atoms with E-state index in [2.05, 4.69) is 22.1 Å². The first-order chi connectivity index (χ1) is 6.75. The molecule has 0 spiro atoms. The van der Waals surface area contributed by atoms with Crippen LogP contribution in [-0.4, -0.2) is 30.7 Å². The molecule has 1 aliphatic rings. The van der Waals surface area contributed by atoms with E-state index in [0.717, 1.165) is 25.5 Å². The Hall–Kier alpha value is -0.580. The Morgan fingerprint density at radius 3 is 2.75 bits per heavy atom. The van der Waals surface area contributed by atoms with Crippen LogP contribution in [0, 0.1) is 5.82 Å². The maximum atomic E-state index is 12.6. The van der Waals surface area contributed by atoms with Crippen molar-refractivity contribution in [1.29, 1.82) is 0 Å². The van der Waals surface area contributed by atoms with Gasteiger partial charge in [0.1, 0.15) is 11.6 Å². The summed E-state index contributed by atoms with van der Waals surface area (Å²) in [7, 11) is 0. The smallest absolute Gasteiger partial charge is 0.141 e. The number of hydrogen-bond donors (Lipinski definition) is 1. The number of hydrogen-bond acceptors (Lipinski definition) is 3. The Morgan fingerprint density at radius 1 is 1.44 bits per heavy atom. The highest BCUT2D eigenvalue weighted by atomic mass is 35.5. The zero-order valence-electron chi connectivity index (χ0n) is 9.02. The van der Waals surface area contributed by atoms with Crippen LogP contribution in [0.15, 0.2) is 18.3 Å². The molecule has 0 aliphatic carbocycles. The molecule has 0 unspecified atom stereocenters. The predicted molar refractivity (Wildman–Crippen MR) is 68.4 cm³/mol. The minimum Gasteiger partial charge on any atom is -0.354 e. The van der Waals surface area contributed by atoms with Gasteiger partial charge in [-0.05, 0) is 19.1 Å². The second-order valence-corrected chi connectivity index (χ2v) is 3.64. The molecule has 0 saturated carbocycles. The van der Waals surface area contributed by atoms with E-state index in [9.17, 15) is 4.39 Å². The summed E-state index contributed by atoms with van der Waals surface area (Å²) >= 11 is 0. The van der Waals surface area contributed by atoms with Crippen molar-refractivity contribution in [2.75, 3.05) is 24.5 Å². The number of pyridine rings is 1. The van der Waals surface area contributed by atoms with Gasteiger partial charge < -0.3 is 10.2 Å². The number of nitrogens with zero attached hydrogens (tertiary/aromatic N) is 2. The van der Waals surface area contributed by atoms with Crippen LogP contribution in [-0.2, 0) is 0 Å². The molecule has 0 bridgehead atoms. The molecule has 1 aliphatic heterocycles. The van der Waals surface area contributed by atoms with Crippen LogP contribution < -0.4 is 10.2 Å². The maximum absolute atomic E-state index is 12.6. The number of rotatable bonds is 1. The van der Waals surface area contributed by atoms with E-state index in [0.29, 0.717) is 6.04 Å². The number of nitrogens with one attached hydrogen (secondary N) is 1. The van der Waals surface area contributed by atoms with Gasteiger partial charge in [-0.2, -0.15) is 0 Å². The number of halogens is 3. The first kappa shape index (κ1) is 15.4. The van der Waals surface area contributed by atoms with Gasteiger partial charge in [0, 0.05) is 25.7 Å². The van der Waals surface area contributed by atoms with Crippen LogP contribution in [0.4, 0.5) is 10.2 Å². The van der Waals surface area contributed by atoms with Gasteiger partial charge in [-0.1, -0.05) is 0 Å². The fourth-order valence-electron chi connectivity index (χ4n) is 1.70. The Balaban J connectivity index is 0.00000112. The van der Waals surface area contributed by atoms with Crippen molar-refractivity contribution in [2.24, 2.45) is 0 Å². The lowest BCUT2D eigenvalue weighted by atomic mass is 10.2. The van der Waals surface area contributed by atoms with Gasteiger partial charge in [-0.25, -0.2) is 9.37 Å². The molecule has 1 fully saturated rings. The van der Waals surface area contributed by atoms with Crippen molar-refractivity contribution in [3.8, 4) is 0 Å². The van der Waals surface area contributed by atoms with Gasteiger partial charge >= 0.3 is 0 Å². The van der Waals surface area contributed by atoms with Crippen molar-refractivity contribution in [3.05, 3.63) is 24.1 Å². The lowest BCUT2D eigenvalue weighted by molar-refractivity contribution is 0.482. The highest BCUT2D eigenvalue weighted by molar-refractivity contribution is 5.85. The lowest BCUT2D eigenvalue weighted by Crippen LogP contribution is -2.49. The van der Waals surface area contributed by atoms with Crippen LogP contribution in [0.1, 0.15) is 6.92 Å². The van der Waals surface area contributed by atoms with Crippen molar-refractivity contribution in [3.63, 3.8) is 0 Å². The molecule has 2 heterocycles. The minimum absolute atomic E-state index is 0. The summed E-state index contributed by atoms with van der Waals surface area (Å²) in [5, 5.41) is 3.35. The summed E-state index contributed by atoms with van der Waals surface area (Å²) < 4.78 is 12.6. The standard InChI is InChI=1S/C10H14FN3.2ClH/c1-8-7-14(5-4-12-8)10-3-2-9(11)6-13-10;;/h2-3,6,8,12H,4-5,7H2,1H3;2*1H/t8-;;/m1../s1. The summed E-state index contributed by atoms with van der Waals surface area (Å²) in [6, 6.07) is 3.65. The molecule has 1 saturated heterocycles. The van der Waals surface area contributed by atoms with Crippen LogP contribution >= 0.6 is 24.8 Å². The Morgan fingerprint density at radius 2 is 2.19 bits per heavy atom. The third-order valence-corrected chi connectivity index (χ3v) is 2.40. The number of piperazine rings is 1. The normalized spacial score (nSPS) is 19.6. The van der Waals surface area contributed by atoms with Gasteiger partial charge in [0.15, 0.2) is 0 Å². The average Bonchev–Trinajstić information content (AvgIpc) is 2.19. The van der Waals surface area contributed by atoms with Crippen LogP contribution in [0.2, 0.25) is 0 Å². The summed E-state index contributed by atoms with van der Waals surface area (Å²) in [6.07, 6.45) is 1.27. The number of anilines is 1. The fraction of sp³-hybridized carbons (Fsp3) is 0.500. The molecule has 6 heteroatoms. The van der Waals surface area contributed by atoms with Crippen LogP contribution in [0.3, 0.4) is 0 Å². The van der Waals surface area contributed by atoms with Crippen molar-refractivity contribution in [2.45, 2.75) is 13.0 Å². The molecule has 0 radical (unpaired) electrons. The van der Waals surface area contributed by atoms with Gasteiger partial charge in [0.2, 0.25) is 0 Å². The quantitative estimate of drug-likeness (QED) is 0.842. The number of aromatic nitrogens is 1. The van der Waals surface area contributed by atoms with E-state index in [4.69, 9.17) is 0 Å². The molecule has 92 valence electrons. The molecule has 0 amide bonds. The van der Waals surface area contributed by atoms with Gasteiger partial charge in [-0.3, -0.25) is 0 Å². The average molecular weight is 268 g/mol. The molecule has 1 atom stereocenters. The van der Waals surface area contributed by atoms with Gasteiger partial charge in [0.05, 0.1) is 6.20 Å². The molecule has 2 rings (SSSR count). The topological polar surface area (TPSA) is 28.2 Å². The van der Waals surface area contributed by atoms with E-state index in [-0.39, 0.29) is 30.6 Å². The zero-order chi connectivity index (χ0) is 9.97. The van der Waals surface area contributed by atoms with E-state index >= 15 is 0 Å². The second kappa shape index (κ2) is 6.89. The third-order valence-electron chi connectivity index (χ3n) is 2.40. The SMILES string of the molecule is C[C@@H]1CN(c2ccc(F)cn2)CCN1.Cl.Cl. The largest absolute Gasteiger partial charge is 0.354 e. The molecule has 1 N–H and O–H groups in total. The van der Waals surface area contributed by atoms with Crippen molar-refractivity contribution < 1.29 is 4.39 Å². The molecular formula is C10H16Cl2FN3. The van der Waals surface area contributed by atoms with Crippen molar-refractivity contribution in [1.82, 2.24) is 10.3 Å². The highest BCUT2D eigenvalue weighted by Gasteiger charge is 2.16. The summed E-state index contributed by atoms with van der Waals surface area (Å²) in [5.74, 6) is 0.580. The predicted octanol–water partition coefficient (Wildman–Crippen LogP) is 1.86. The Bertz CT molecular complexity index is 307. The summed E-state index contributed by atoms with van der Waals surface area (Å²) in [4.78, 5) is 6.23. The maximum Gasteiger partial charge on any atom is 0.141 e. The van der Waals surface area contributed by atoms with E-state index in [1.54, 1.807) is 6.07 Å². The van der Waals surface area contributed by atoms with Crippen molar-refractivity contribution >= 4 is 30.6 Å². The van der Waals surface area contributed by atoms with E-state index in [1.807, 2.05) is 0 Å². The minimum atomic E-state index is -0.281. The summed E-state index contributed by atoms with van der Waals surface area (Å²) in [6.45, 7) is 4.96. The van der Waals surface area contributed by atoms with Crippen LogP contribution in [0.25, 0.3) is 0 Å². The molecular weight excluding hydrogens is 252 g/mol. The Labute approximate surface area is 107 Å². The molecule has 0 aromatic carbocycles. The summed E-state index contributed by atoms with van der Waals surface area (Å²) in [5.41, 5.74) is 0. The Kier molecular flexibility index (Phi) is 6.64. The van der Waals surface area contributed by atoms with E-state index < -0.39 is 0 Å². The van der Waals surface area contributed by atoms with Gasteiger partial charge in [-0.15, -0.1) is 24.8 Å². The molecule has 3 nitrogen and oxygen atoms in total. The fourth-order valence-corrected chi connectivity index (χ4v) is 1.70. The van der Waals surface area contributed by atoms with Gasteiger partial charge in [0.25, 0.3) is 0 Å². The molecule has 1 aromatic heterocycles. The monoisotopic (exact) mass is 267 g/mol. The van der Waals surface area contributed by atoms with Crippen LogP contribution in [0.5, 0.6) is 0 Å².